The van der Waals surface area contributed by atoms with Crippen LogP contribution in [-0.4, -0.2) is 11.0 Å². The second kappa shape index (κ2) is 6.45. The molecule has 0 aromatic heterocycles. The number of benzene rings is 2. The summed E-state index contributed by atoms with van der Waals surface area (Å²) in [6.07, 6.45) is 0. The third kappa shape index (κ3) is 3.86. The Labute approximate surface area is 127 Å². The van der Waals surface area contributed by atoms with Crippen LogP contribution in [0.15, 0.2) is 41.6 Å². The molecular formula is C15H15ClFN3O. The summed E-state index contributed by atoms with van der Waals surface area (Å²) in [6.45, 7) is 2.27. The summed E-state index contributed by atoms with van der Waals surface area (Å²) in [5.74, 6) is -0.289. The lowest BCUT2D eigenvalue weighted by molar-refractivity contribution is 0.318. The van der Waals surface area contributed by atoms with Gasteiger partial charge in [0.05, 0.1) is 0 Å². The molecule has 0 fully saturated rings. The first kappa shape index (κ1) is 15.1. The van der Waals surface area contributed by atoms with Crippen LogP contribution in [0.3, 0.4) is 0 Å². The lowest BCUT2D eigenvalue weighted by Gasteiger charge is -2.10. The van der Waals surface area contributed by atoms with E-state index in [9.17, 15) is 4.39 Å². The highest BCUT2D eigenvalue weighted by Crippen LogP contribution is 2.20. The van der Waals surface area contributed by atoms with Gasteiger partial charge in [-0.05, 0) is 42.3 Å². The molecule has 0 radical (unpaired) electrons. The molecule has 2 rings (SSSR count). The van der Waals surface area contributed by atoms with E-state index in [1.807, 2.05) is 13.0 Å². The molecule has 0 heterocycles. The van der Waals surface area contributed by atoms with E-state index in [0.29, 0.717) is 22.8 Å². The van der Waals surface area contributed by atoms with Crippen LogP contribution in [0.5, 0.6) is 0 Å². The molecule has 0 unspecified atom stereocenters. The Morgan fingerprint density at radius 2 is 2.10 bits per heavy atom. The first-order valence-electron chi connectivity index (χ1n) is 6.27. The van der Waals surface area contributed by atoms with E-state index in [-0.39, 0.29) is 11.7 Å². The lowest BCUT2D eigenvalue weighted by atomic mass is 10.1. The molecule has 4 nitrogen and oxygen atoms in total. The van der Waals surface area contributed by atoms with E-state index in [0.717, 1.165) is 11.1 Å². The molecule has 0 spiro atoms. The molecule has 0 aliphatic rings. The molecule has 4 N–H and O–H groups in total. The number of hydrogen-bond donors (Lipinski definition) is 3. The van der Waals surface area contributed by atoms with Gasteiger partial charge in [0.1, 0.15) is 5.82 Å². The van der Waals surface area contributed by atoms with Crippen molar-refractivity contribution < 1.29 is 9.60 Å². The SMILES string of the molecule is Cc1cc(F)cc(NCc2ccc(/C(N)=N/O)cc2Cl)c1. The topological polar surface area (TPSA) is 70.6 Å². The maximum Gasteiger partial charge on any atom is 0.170 e. The van der Waals surface area contributed by atoms with Gasteiger partial charge < -0.3 is 16.3 Å². The highest BCUT2D eigenvalue weighted by molar-refractivity contribution is 6.31. The van der Waals surface area contributed by atoms with Crippen molar-refractivity contribution in [1.29, 1.82) is 0 Å². The fourth-order valence-electron chi connectivity index (χ4n) is 1.94. The van der Waals surface area contributed by atoms with Gasteiger partial charge in [0.25, 0.3) is 0 Å². The number of aryl methyl sites for hydroxylation is 1. The molecule has 2 aromatic rings. The molecule has 2 aromatic carbocycles. The lowest BCUT2D eigenvalue weighted by Crippen LogP contribution is -2.13. The average molecular weight is 308 g/mol. The van der Waals surface area contributed by atoms with Gasteiger partial charge in [0.15, 0.2) is 5.84 Å². The summed E-state index contributed by atoms with van der Waals surface area (Å²) in [4.78, 5) is 0. The highest BCUT2D eigenvalue weighted by atomic mass is 35.5. The number of amidine groups is 1. The van der Waals surface area contributed by atoms with Crippen LogP contribution in [0.2, 0.25) is 5.02 Å². The number of oxime groups is 1. The molecule has 6 heteroatoms. The normalized spacial score (nSPS) is 11.5. The zero-order valence-corrected chi connectivity index (χ0v) is 12.2. The van der Waals surface area contributed by atoms with E-state index >= 15 is 0 Å². The summed E-state index contributed by atoms with van der Waals surface area (Å²) in [6, 6.07) is 9.82. The van der Waals surface area contributed by atoms with Gasteiger partial charge in [-0.3, -0.25) is 0 Å². The van der Waals surface area contributed by atoms with E-state index in [2.05, 4.69) is 10.5 Å². The van der Waals surface area contributed by atoms with Gasteiger partial charge in [-0.15, -0.1) is 0 Å². The Morgan fingerprint density at radius 1 is 1.33 bits per heavy atom. The molecule has 0 saturated heterocycles. The van der Waals surface area contributed by atoms with Crippen molar-refractivity contribution in [3.05, 3.63) is 63.9 Å². The minimum atomic E-state index is -0.286. The van der Waals surface area contributed by atoms with Gasteiger partial charge in [0, 0.05) is 22.8 Å². The van der Waals surface area contributed by atoms with Crippen molar-refractivity contribution in [3.63, 3.8) is 0 Å². The number of rotatable bonds is 4. The molecule has 0 saturated carbocycles. The minimum absolute atomic E-state index is 0.00263. The van der Waals surface area contributed by atoms with Gasteiger partial charge in [0.2, 0.25) is 0 Å². The van der Waals surface area contributed by atoms with Crippen LogP contribution in [0.4, 0.5) is 10.1 Å². The number of anilines is 1. The van der Waals surface area contributed by atoms with Crippen LogP contribution in [0.25, 0.3) is 0 Å². The maximum atomic E-state index is 13.3. The predicted molar refractivity (Wildman–Crippen MR) is 82.4 cm³/mol. The van der Waals surface area contributed by atoms with Crippen molar-refractivity contribution in [2.75, 3.05) is 5.32 Å². The quantitative estimate of drug-likeness (QED) is 0.350. The minimum Gasteiger partial charge on any atom is -0.409 e. The number of nitrogens with two attached hydrogens (primary N) is 1. The largest absolute Gasteiger partial charge is 0.409 e. The first-order valence-corrected chi connectivity index (χ1v) is 6.65. The van der Waals surface area contributed by atoms with Gasteiger partial charge in [-0.1, -0.05) is 28.9 Å². The van der Waals surface area contributed by atoms with Crippen molar-refractivity contribution >= 4 is 23.1 Å². The zero-order valence-electron chi connectivity index (χ0n) is 11.4. The maximum absolute atomic E-state index is 13.3. The van der Waals surface area contributed by atoms with Crippen LogP contribution >= 0.6 is 11.6 Å². The zero-order chi connectivity index (χ0) is 15.4. The number of nitrogens with zero attached hydrogens (tertiary/aromatic N) is 1. The molecular weight excluding hydrogens is 293 g/mol. The number of nitrogens with one attached hydrogen (secondary N) is 1. The Balaban J connectivity index is 2.13. The van der Waals surface area contributed by atoms with E-state index < -0.39 is 0 Å². The van der Waals surface area contributed by atoms with Crippen molar-refractivity contribution in [3.8, 4) is 0 Å². The molecule has 21 heavy (non-hydrogen) atoms. The molecule has 0 aliphatic heterocycles. The predicted octanol–water partition coefficient (Wildman–Crippen LogP) is 3.49. The molecule has 0 atom stereocenters. The molecule has 0 bridgehead atoms. The smallest absolute Gasteiger partial charge is 0.170 e. The average Bonchev–Trinajstić information content (AvgIpc) is 2.44. The number of hydrogen-bond acceptors (Lipinski definition) is 3. The van der Waals surface area contributed by atoms with E-state index in [1.54, 1.807) is 18.2 Å². The van der Waals surface area contributed by atoms with Crippen LogP contribution in [0, 0.1) is 12.7 Å². The van der Waals surface area contributed by atoms with Gasteiger partial charge >= 0.3 is 0 Å². The van der Waals surface area contributed by atoms with E-state index in [4.69, 9.17) is 22.5 Å². The molecule has 0 aliphatic carbocycles. The Morgan fingerprint density at radius 3 is 2.71 bits per heavy atom. The second-order valence-electron chi connectivity index (χ2n) is 4.66. The van der Waals surface area contributed by atoms with E-state index in [1.165, 1.54) is 12.1 Å². The van der Waals surface area contributed by atoms with Gasteiger partial charge in [-0.25, -0.2) is 4.39 Å². The summed E-state index contributed by atoms with van der Waals surface area (Å²) in [5.41, 5.74) is 8.38. The fraction of sp³-hybridized carbons (Fsp3) is 0.133. The van der Waals surface area contributed by atoms with Crippen LogP contribution in [-0.2, 0) is 6.54 Å². The third-order valence-corrected chi connectivity index (χ3v) is 3.33. The highest BCUT2D eigenvalue weighted by Gasteiger charge is 2.06. The standard InChI is InChI=1S/C15H15ClFN3O/c1-9-4-12(17)7-13(5-9)19-8-11-3-2-10(6-14(11)16)15(18)20-21/h2-7,19,21H,8H2,1H3,(H2,18,20). The monoisotopic (exact) mass is 307 g/mol. The fourth-order valence-corrected chi connectivity index (χ4v) is 2.19. The Bertz CT molecular complexity index is 668. The summed E-state index contributed by atoms with van der Waals surface area (Å²) in [7, 11) is 0. The summed E-state index contributed by atoms with van der Waals surface area (Å²) in [5, 5.41) is 15.1. The van der Waals surface area contributed by atoms with Crippen molar-refractivity contribution in [1.82, 2.24) is 0 Å². The third-order valence-electron chi connectivity index (χ3n) is 2.98. The Hall–Kier alpha value is -2.27. The second-order valence-corrected chi connectivity index (χ2v) is 5.07. The van der Waals surface area contributed by atoms with Crippen molar-refractivity contribution in [2.24, 2.45) is 10.9 Å². The number of halogens is 2. The van der Waals surface area contributed by atoms with Crippen LogP contribution < -0.4 is 11.1 Å². The molecule has 110 valence electrons. The Kier molecular flexibility index (Phi) is 4.65. The van der Waals surface area contributed by atoms with Gasteiger partial charge in [-0.2, -0.15) is 0 Å². The van der Waals surface area contributed by atoms with Crippen molar-refractivity contribution in [2.45, 2.75) is 13.5 Å². The molecule has 0 amide bonds. The first-order chi connectivity index (χ1) is 9.99. The summed E-state index contributed by atoms with van der Waals surface area (Å²) < 4.78 is 13.3. The van der Waals surface area contributed by atoms with Crippen LogP contribution in [0.1, 0.15) is 16.7 Å². The summed E-state index contributed by atoms with van der Waals surface area (Å²) >= 11 is 6.15.